The molecule has 0 bridgehead atoms. The van der Waals surface area contributed by atoms with Crippen LogP contribution in [0.4, 0.5) is 4.79 Å². The van der Waals surface area contributed by atoms with Crippen molar-refractivity contribution in [3.8, 4) is 11.1 Å². The largest absolute Gasteiger partial charge is 0.449 e. The van der Waals surface area contributed by atoms with Crippen LogP contribution in [0.25, 0.3) is 11.1 Å². The minimum absolute atomic E-state index is 0. The molecule has 2 atom stereocenters. The predicted octanol–water partition coefficient (Wildman–Crippen LogP) is 4.36. The number of hydrogen-bond donors (Lipinski definition) is 3. The van der Waals surface area contributed by atoms with Gasteiger partial charge in [-0.1, -0.05) is 62.4 Å². The van der Waals surface area contributed by atoms with Gasteiger partial charge in [-0.2, -0.15) is 27.0 Å². The molecule has 2 amide bonds. The Morgan fingerprint density at radius 1 is 0.946 bits per heavy atom. The van der Waals surface area contributed by atoms with Crippen molar-refractivity contribution in [3.63, 3.8) is 0 Å². The average molecular weight is 548 g/mol. The van der Waals surface area contributed by atoms with Crippen molar-refractivity contribution in [2.24, 2.45) is 23.3 Å². The minimum atomic E-state index is -0.626. The van der Waals surface area contributed by atoms with Gasteiger partial charge in [0.05, 0.1) is 6.04 Å². The second-order valence-electron chi connectivity index (χ2n) is 9.75. The van der Waals surface area contributed by atoms with Crippen LogP contribution in [0.1, 0.15) is 63.0 Å². The summed E-state index contributed by atoms with van der Waals surface area (Å²) in [5, 5.41) is 2.78. The second kappa shape index (κ2) is 15.7. The first-order valence-electron chi connectivity index (χ1n) is 12.4. The van der Waals surface area contributed by atoms with Gasteiger partial charge in [0, 0.05) is 24.8 Å². The van der Waals surface area contributed by atoms with E-state index >= 15 is 0 Å². The number of Topliss-reactive ketones (excluding diaryl/α,β-unsaturated/α-hetero) is 1. The molecular weight excluding hydrogens is 506 g/mol. The van der Waals surface area contributed by atoms with Crippen molar-refractivity contribution in [1.29, 1.82) is 0 Å². The van der Waals surface area contributed by atoms with Crippen LogP contribution >= 0.6 is 27.0 Å². The molecule has 7 nitrogen and oxygen atoms in total. The van der Waals surface area contributed by atoms with Gasteiger partial charge in [0.25, 0.3) is 0 Å². The summed E-state index contributed by atoms with van der Waals surface area (Å²) in [6.45, 7) is 4.69. The number of hydrogen-bond acceptors (Lipinski definition) is 5. The van der Waals surface area contributed by atoms with Gasteiger partial charge in [-0.3, -0.25) is 9.59 Å². The molecule has 2 aromatic rings. The number of carbonyl (C=O) groups excluding carboxylic acids is 3. The molecule has 204 valence electrons. The molecule has 0 radical (unpaired) electrons. The minimum Gasteiger partial charge on any atom is -0.449 e. The van der Waals surface area contributed by atoms with E-state index in [-0.39, 0.29) is 57.6 Å². The van der Waals surface area contributed by atoms with Gasteiger partial charge in [-0.15, -0.1) is 0 Å². The zero-order valence-corrected chi connectivity index (χ0v) is 23.7. The van der Waals surface area contributed by atoms with E-state index in [1.165, 1.54) is 22.3 Å². The number of nitrogens with two attached hydrogens (primary N) is 2. The predicted molar refractivity (Wildman–Crippen MR) is 157 cm³/mol. The third-order valence-corrected chi connectivity index (χ3v) is 6.57. The number of primary amides is 1. The number of ketones is 1. The first-order chi connectivity index (χ1) is 16.8. The second-order valence-corrected chi connectivity index (χ2v) is 9.75. The average Bonchev–Trinajstić information content (AvgIpc) is 3.15. The number of unbranched alkanes of at least 4 members (excludes halogenated alkanes) is 1. The third-order valence-electron chi connectivity index (χ3n) is 6.57. The van der Waals surface area contributed by atoms with E-state index in [1.54, 1.807) is 0 Å². The molecule has 2 aromatic carbocycles. The van der Waals surface area contributed by atoms with E-state index < -0.39 is 24.0 Å². The quantitative estimate of drug-likeness (QED) is 0.322. The molecule has 9 heteroatoms. The Hall–Kier alpha value is -2.49. The Kier molecular flexibility index (Phi) is 13.8. The van der Waals surface area contributed by atoms with Gasteiger partial charge in [0.15, 0.2) is 0 Å². The third kappa shape index (κ3) is 9.09. The smallest absolute Gasteiger partial charge is 0.407 e. The molecule has 0 heterocycles. The lowest BCUT2D eigenvalue weighted by molar-refractivity contribution is -0.128. The Morgan fingerprint density at radius 3 is 2.05 bits per heavy atom. The van der Waals surface area contributed by atoms with E-state index in [9.17, 15) is 14.4 Å². The van der Waals surface area contributed by atoms with Crippen molar-refractivity contribution in [1.82, 2.24) is 5.32 Å². The Balaban J connectivity index is 0.00000342. The highest BCUT2D eigenvalue weighted by molar-refractivity contribution is 7.59. The number of nitrogens with one attached hydrogen (secondary N) is 1. The molecule has 5 N–H and O–H groups in total. The fourth-order valence-electron chi connectivity index (χ4n) is 4.75. The maximum atomic E-state index is 12.4. The summed E-state index contributed by atoms with van der Waals surface area (Å²) in [6.07, 6.45) is 2.08. The molecule has 0 saturated carbocycles. The van der Waals surface area contributed by atoms with Crippen LogP contribution in [0.2, 0.25) is 0 Å². The summed E-state index contributed by atoms with van der Waals surface area (Å²) in [5.41, 5.74) is 16.2. The van der Waals surface area contributed by atoms with Crippen LogP contribution in [0.15, 0.2) is 48.5 Å². The lowest BCUT2D eigenvalue weighted by Crippen LogP contribution is -2.35. The van der Waals surface area contributed by atoms with Gasteiger partial charge >= 0.3 is 6.09 Å². The molecule has 0 aliphatic heterocycles. The first kappa shape index (κ1) is 32.5. The van der Waals surface area contributed by atoms with Crippen LogP contribution in [-0.2, 0) is 14.3 Å². The molecule has 0 fully saturated rings. The standard InChI is InChI=1S/C28H37N3O4.2H2S/c1-18(2)15-19(27(30)33)16-26(32)25(29)13-7-8-14-31-28(34)35-17-24-22-11-5-3-9-20(22)21-10-4-6-12-23(21)24;;/h3-6,9-12,18-19,24-25H,7-8,13-17,29H2,1-2H3,(H2,30,33)(H,31,34);2*1H2/t19-,25+;;/m1../s1. The molecule has 0 spiro atoms. The van der Waals surface area contributed by atoms with E-state index in [4.69, 9.17) is 16.2 Å². The molecule has 37 heavy (non-hydrogen) atoms. The van der Waals surface area contributed by atoms with E-state index in [1.807, 2.05) is 38.1 Å². The van der Waals surface area contributed by atoms with Crippen LogP contribution < -0.4 is 16.8 Å². The monoisotopic (exact) mass is 547 g/mol. The fourth-order valence-corrected chi connectivity index (χ4v) is 4.75. The van der Waals surface area contributed by atoms with E-state index in [2.05, 4.69) is 29.6 Å². The van der Waals surface area contributed by atoms with Gasteiger partial charge in [0.2, 0.25) is 5.91 Å². The van der Waals surface area contributed by atoms with Crippen molar-refractivity contribution in [2.45, 2.75) is 57.9 Å². The molecule has 0 unspecified atom stereocenters. The molecule has 1 aliphatic rings. The van der Waals surface area contributed by atoms with Crippen molar-refractivity contribution in [2.75, 3.05) is 13.2 Å². The highest BCUT2D eigenvalue weighted by Crippen LogP contribution is 2.44. The van der Waals surface area contributed by atoms with Crippen LogP contribution in [0, 0.1) is 11.8 Å². The van der Waals surface area contributed by atoms with Gasteiger partial charge < -0.3 is 21.5 Å². The summed E-state index contributed by atoms with van der Waals surface area (Å²) in [4.78, 5) is 36.2. The molecular formula is C28H41N3O4S2. The first-order valence-corrected chi connectivity index (χ1v) is 12.4. The summed E-state index contributed by atoms with van der Waals surface area (Å²) in [5.74, 6) is -0.758. The molecule has 1 aliphatic carbocycles. The molecule has 0 aromatic heterocycles. The summed E-state index contributed by atoms with van der Waals surface area (Å²) in [7, 11) is 0. The lowest BCUT2D eigenvalue weighted by Gasteiger charge is -2.17. The number of carbonyl (C=O) groups is 3. The number of fused-ring (bicyclic) bond motifs is 3. The fraction of sp³-hybridized carbons (Fsp3) is 0.464. The SMILES string of the molecule is CC(C)C[C@H](CC(=O)[C@@H](N)CCCCNC(=O)OCC1c2ccccc2-c2ccccc21)C(N)=O.S.S. The number of alkyl carbamates (subject to hydrolysis) is 1. The lowest BCUT2D eigenvalue weighted by atomic mass is 9.89. The number of amides is 2. The van der Waals surface area contributed by atoms with Crippen LogP contribution in [0.5, 0.6) is 0 Å². The zero-order valence-electron chi connectivity index (χ0n) is 21.7. The normalized spacial score (nSPS) is 13.4. The Labute approximate surface area is 234 Å². The van der Waals surface area contributed by atoms with E-state index in [0.29, 0.717) is 32.2 Å². The van der Waals surface area contributed by atoms with E-state index in [0.717, 1.165) is 0 Å². The molecule has 0 saturated heterocycles. The summed E-state index contributed by atoms with van der Waals surface area (Å²) >= 11 is 0. The molecule has 3 rings (SSSR count). The zero-order chi connectivity index (χ0) is 25.4. The maximum Gasteiger partial charge on any atom is 0.407 e. The Bertz CT molecular complexity index is 1000. The highest BCUT2D eigenvalue weighted by atomic mass is 32.1. The van der Waals surface area contributed by atoms with Gasteiger partial charge in [0.1, 0.15) is 12.4 Å². The van der Waals surface area contributed by atoms with Crippen molar-refractivity contribution >= 4 is 44.8 Å². The number of rotatable bonds is 13. The summed E-state index contributed by atoms with van der Waals surface area (Å²) in [6, 6.07) is 15.8. The number of benzene rings is 2. The topological polar surface area (TPSA) is 125 Å². The Morgan fingerprint density at radius 2 is 1.51 bits per heavy atom. The highest BCUT2D eigenvalue weighted by Gasteiger charge is 2.29. The van der Waals surface area contributed by atoms with Crippen molar-refractivity contribution in [3.05, 3.63) is 59.7 Å². The summed E-state index contributed by atoms with van der Waals surface area (Å²) < 4.78 is 5.53. The maximum absolute atomic E-state index is 12.4. The number of ether oxygens (including phenoxy) is 1. The van der Waals surface area contributed by atoms with Gasteiger partial charge in [-0.05, 0) is 53.9 Å². The van der Waals surface area contributed by atoms with Crippen LogP contribution in [-0.4, -0.2) is 37.0 Å². The van der Waals surface area contributed by atoms with Crippen molar-refractivity contribution < 1.29 is 19.1 Å². The van der Waals surface area contributed by atoms with Gasteiger partial charge in [-0.25, -0.2) is 4.79 Å². The van der Waals surface area contributed by atoms with Crippen LogP contribution in [0.3, 0.4) is 0 Å².